The van der Waals surface area contributed by atoms with E-state index in [0.29, 0.717) is 22.9 Å². The van der Waals surface area contributed by atoms with Crippen LogP contribution in [0.25, 0.3) is 11.0 Å². The van der Waals surface area contributed by atoms with E-state index in [1.807, 2.05) is 18.2 Å². The Kier molecular flexibility index (Phi) is 6.95. The SMILES string of the molecule is CC(=O)NC1(c2noc(CCC(=O)NNC(=O)c3oc4ccccc4c3C)n2)CCCCCC1. The van der Waals surface area contributed by atoms with Crippen LogP contribution in [0.4, 0.5) is 0 Å². The third-order valence-corrected chi connectivity index (χ3v) is 6.20. The minimum absolute atomic E-state index is 0.0359. The van der Waals surface area contributed by atoms with Crippen molar-refractivity contribution < 1.29 is 23.3 Å². The lowest BCUT2D eigenvalue weighted by Crippen LogP contribution is -2.45. The molecule has 3 N–H and O–H groups in total. The van der Waals surface area contributed by atoms with Crippen LogP contribution < -0.4 is 16.2 Å². The summed E-state index contributed by atoms with van der Waals surface area (Å²) in [6.07, 6.45) is 5.88. The summed E-state index contributed by atoms with van der Waals surface area (Å²) in [7, 11) is 0. The van der Waals surface area contributed by atoms with Gasteiger partial charge >= 0.3 is 5.91 Å². The highest BCUT2D eigenvalue weighted by atomic mass is 16.5. The van der Waals surface area contributed by atoms with Gasteiger partial charge in [-0.2, -0.15) is 4.98 Å². The highest BCUT2D eigenvalue weighted by Gasteiger charge is 2.38. The maximum atomic E-state index is 12.4. The van der Waals surface area contributed by atoms with E-state index >= 15 is 0 Å². The van der Waals surface area contributed by atoms with Crippen molar-refractivity contribution in [1.82, 2.24) is 26.3 Å². The van der Waals surface area contributed by atoms with E-state index in [1.54, 1.807) is 13.0 Å². The quantitative estimate of drug-likeness (QED) is 0.374. The molecule has 1 saturated carbocycles. The van der Waals surface area contributed by atoms with E-state index in [2.05, 4.69) is 26.3 Å². The van der Waals surface area contributed by atoms with Crippen molar-refractivity contribution in [3.8, 4) is 0 Å². The molecule has 3 aromatic rings. The lowest BCUT2D eigenvalue weighted by atomic mass is 9.89. The van der Waals surface area contributed by atoms with Crippen molar-refractivity contribution in [3.63, 3.8) is 0 Å². The minimum Gasteiger partial charge on any atom is -0.451 e. The predicted octanol–water partition coefficient (Wildman–Crippen LogP) is 3.20. The smallest absolute Gasteiger partial charge is 0.305 e. The number of benzene rings is 1. The van der Waals surface area contributed by atoms with Gasteiger partial charge in [0.2, 0.25) is 17.7 Å². The summed E-state index contributed by atoms with van der Waals surface area (Å²) in [5.74, 6) is -0.175. The first-order valence-electron chi connectivity index (χ1n) is 11.6. The van der Waals surface area contributed by atoms with Crippen LogP contribution in [0, 0.1) is 6.92 Å². The second kappa shape index (κ2) is 10.1. The lowest BCUT2D eigenvalue weighted by Gasteiger charge is -2.30. The molecule has 1 aliphatic carbocycles. The monoisotopic (exact) mass is 467 g/mol. The van der Waals surface area contributed by atoms with Crippen molar-refractivity contribution in [3.05, 3.63) is 47.3 Å². The van der Waals surface area contributed by atoms with Crippen LogP contribution in [0.15, 0.2) is 33.2 Å². The maximum absolute atomic E-state index is 12.4. The van der Waals surface area contributed by atoms with Gasteiger partial charge in [0.25, 0.3) is 0 Å². The number of para-hydroxylation sites is 1. The summed E-state index contributed by atoms with van der Waals surface area (Å²) in [6.45, 7) is 3.27. The van der Waals surface area contributed by atoms with Crippen LogP contribution in [0.2, 0.25) is 0 Å². The Morgan fingerprint density at radius 3 is 2.50 bits per heavy atom. The molecule has 0 aliphatic heterocycles. The number of nitrogens with zero attached hydrogens (tertiary/aromatic N) is 2. The number of carbonyl (C=O) groups excluding carboxylic acids is 3. The van der Waals surface area contributed by atoms with Gasteiger partial charge in [-0.15, -0.1) is 0 Å². The molecule has 1 aliphatic rings. The maximum Gasteiger partial charge on any atom is 0.305 e. The average molecular weight is 468 g/mol. The molecule has 10 heteroatoms. The van der Waals surface area contributed by atoms with E-state index in [1.165, 1.54) is 6.92 Å². The molecule has 0 atom stereocenters. The van der Waals surface area contributed by atoms with Crippen LogP contribution in [-0.4, -0.2) is 27.9 Å². The number of hydrogen-bond donors (Lipinski definition) is 3. The van der Waals surface area contributed by atoms with Gasteiger partial charge in [-0.1, -0.05) is 49.0 Å². The van der Waals surface area contributed by atoms with Gasteiger partial charge < -0.3 is 14.3 Å². The molecule has 2 aromatic heterocycles. The number of aryl methyl sites for hydroxylation is 2. The van der Waals surface area contributed by atoms with Gasteiger partial charge in [0.1, 0.15) is 11.1 Å². The zero-order valence-corrected chi connectivity index (χ0v) is 19.4. The van der Waals surface area contributed by atoms with Gasteiger partial charge in [0, 0.05) is 30.7 Å². The zero-order valence-electron chi connectivity index (χ0n) is 19.4. The minimum atomic E-state index is -0.634. The lowest BCUT2D eigenvalue weighted by molar-refractivity contribution is -0.122. The van der Waals surface area contributed by atoms with Crippen LogP contribution >= 0.6 is 0 Å². The fourth-order valence-electron chi connectivity index (χ4n) is 4.48. The first-order valence-corrected chi connectivity index (χ1v) is 11.6. The Bertz CT molecular complexity index is 1190. The topological polar surface area (TPSA) is 139 Å². The van der Waals surface area contributed by atoms with E-state index in [9.17, 15) is 14.4 Å². The molecule has 180 valence electrons. The number of amides is 3. The number of carbonyl (C=O) groups is 3. The standard InChI is InChI=1S/C24H29N5O5/c1-15-17-9-5-6-10-18(17)33-21(15)22(32)28-27-19(31)11-12-20-25-23(29-34-20)24(26-16(2)30)13-7-3-4-8-14-24/h5-6,9-10H,3-4,7-8,11-14H2,1-2H3,(H,26,30)(H,27,31)(H,28,32). The predicted molar refractivity (Wildman–Crippen MR) is 122 cm³/mol. The van der Waals surface area contributed by atoms with Crippen LogP contribution in [0.1, 0.15) is 79.7 Å². The molecular weight excluding hydrogens is 438 g/mol. The van der Waals surface area contributed by atoms with E-state index in [0.717, 1.165) is 43.9 Å². The molecule has 1 aromatic carbocycles. The van der Waals surface area contributed by atoms with Crippen molar-refractivity contribution in [2.24, 2.45) is 0 Å². The Labute approximate surface area is 196 Å². The molecule has 0 unspecified atom stereocenters. The summed E-state index contributed by atoms with van der Waals surface area (Å²) in [5.41, 5.74) is 5.44. The van der Waals surface area contributed by atoms with E-state index in [-0.39, 0.29) is 24.5 Å². The third-order valence-electron chi connectivity index (χ3n) is 6.20. The van der Waals surface area contributed by atoms with Crippen molar-refractivity contribution in [2.45, 2.75) is 70.8 Å². The molecule has 0 radical (unpaired) electrons. The van der Waals surface area contributed by atoms with Crippen molar-refractivity contribution >= 4 is 28.7 Å². The van der Waals surface area contributed by atoms with E-state index < -0.39 is 17.4 Å². The molecule has 4 rings (SSSR count). The molecular formula is C24H29N5O5. The molecule has 3 amide bonds. The number of furan rings is 1. The van der Waals surface area contributed by atoms with Gasteiger partial charge in [-0.25, -0.2) is 0 Å². The first kappa shape index (κ1) is 23.5. The normalized spacial score (nSPS) is 15.5. The fraction of sp³-hybridized carbons (Fsp3) is 0.458. The number of hydrazine groups is 1. The van der Waals surface area contributed by atoms with Crippen LogP contribution in [0.5, 0.6) is 0 Å². The molecule has 1 fully saturated rings. The average Bonchev–Trinajstić information content (AvgIpc) is 3.35. The highest BCUT2D eigenvalue weighted by molar-refractivity contribution is 5.99. The van der Waals surface area contributed by atoms with Crippen LogP contribution in [-0.2, 0) is 21.5 Å². The Hall–Kier alpha value is -3.69. The number of nitrogens with one attached hydrogen (secondary N) is 3. The Morgan fingerprint density at radius 1 is 1.06 bits per heavy atom. The summed E-state index contributed by atoms with van der Waals surface area (Å²) < 4.78 is 11.0. The zero-order chi connectivity index (χ0) is 24.1. The fourth-order valence-corrected chi connectivity index (χ4v) is 4.48. The highest BCUT2D eigenvalue weighted by Crippen LogP contribution is 2.34. The van der Waals surface area contributed by atoms with Gasteiger partial charge in [-0.3, -0.25) is 25.2 Å². The first-order chi connectivity index (χ1) is 16.4. The largest absolute Gasteiger partial charge is 0.451 e. The summed E-state index contributed by atoms with van der Waals surface area (Å²) in [5, 5.41) is 7.99. The Morgan fingerprint density at radius 2 is 1.79 bits per heavy atom. The molecule has 2 heterocycles. The number of fused-ring (bicyclic) bond motifs is 1. The second-order valence-corrected chi connectivity index (χ2v) is 8.74. The van der Waals surface area contributed by atoms with Crippen molar-refractivity contribution in [1.29, 1.82) is 0 Å². The van der Waals surface area contributed by atoms with E-state index in [4.69, 9.17) is 8.94 Å². The number of rotatable bonds is 6. The summed E-state index contributed by atoms with van der Waals surface area (Å²) in [6, 6.07) is 7.34. The molecule has 34 heavy (non-hydrogen) atoms. The Balaban J connectivity index is 1.33. The third kappa shape index (κ3) is 5.11. The van der Waals surface area contributed by atoms with Crippen LogP contribution in [0.3, 0.4) is 0 Å². The van der Waals surface area contributed by atoms with Gasteiger partial charge in [-0.05, 0) is 25.8 Å². The van der Waals surface area contributed by atoms with Gasteiger partial charge in [0.15, 0.2) is 11.6 Å². The summed E-state index contributed by atoms with van der Waals surface area (Å²) >= 11 is 0. The molecule has 0 saturated heterocycles. The number of hydrogen-bond acceptors (Lipinski definition) is 7. The molecule has 10 nitrogen and oxygen atoms in total. The summed E-state index contributed by atoms with van der Waals surface area (Å²) in [4.78, 5) is 41.0. The molecule has 0 bridgehead atoms. The second-order valence-electron chi connectivity index (χ2n) is 8.74. The number of aromatic nitrogens is 2. The van der Waals surface area contributed by atoms with Gasteiger partial charge in [0.05, 0.1) is 0 Å². The van der Waals surface area contributed by atoms with Crippen molar-refractivity contribution in [2.75, 3.05) is 0 Å². The molecule has 0 spiro atoms.